The van der Waals surface area contributed by atoms with Gasteiger partial charge in [-0.25, -0.2) is 4.79 Å². The van der Waals surface area contributed by atoms with Crippen molar-refractivity contribution >= 4 is 11.9 Å². The summed E-state index contributed by atoms with van der Waals surface area (Å²) in [5, 5.41) is 5.78. The van der Waals surface area contributed by atoms with Crippen LogP contribution in [0.1, 0.15) is 29.3 Å². The topological polar surface area (TPSA) is 67.4 Å². The maximum absolute atomic E-state index is 11.5. The minimum absolute atomic E-state index is 0.0441. The Hall–Kier alpha value is -1.88. The summed E-state index contributed by atoms with van der Waals surface area (Å²) in [5.41, 5.74) is 1.34. The number of amides is 1. The molecule has 0 heterocycles. The van der Waals surface area contributed by atoms with E-state index in [1.54, 1.807) is 12.1 Å². The van der Waals surface area contributed by atoms with E-state index < -0.39 is 0 Å². The monoisotopic (exact) mass is 264 g/mol. The molecule has 0 spiro atoms. The molecule has 5 heteroatoms. The van der Waals surface area contributed by atoms with Gasteiger partial charge in [0.05, 0.1) is 19.2 Å². The van der Waals surface area contributed by atoms with Gasteiger partial charge in [-0.05, 0) is 18.1 Å². The summed E-state index contributed by atoms with van der Waals surface area (Å²) < 4.78 is 4.71. The molecule has 0 aliphatic carbocycles. The Morgan fingerprint density at radius 1 is 1.26 bits per heavy atom. The minimum Gasteiger partial charge on any atom is -0.465 e. The highest BCUT2D eigenvalue weighted by Gasteiger charge is 2.10. The molecular formula is C14H20N2O3. The summed E-state index contributed by atoms with van der Waals surface area (Å²) in [7, 11) is 1.35. The van der Waals surface area contributed by atoms with Crippen LogP contribution in [0.2, 0.25) is 0 Å². The quantitative estimate of drug-likeness (QED) is 0.723. The second kappa shape index (κ2) is 8.26. The molecule has 0 aliphatic rings. The lowest BCUT2D eigenvalue weighted by molar-refractivity contribution is -0.120. The van der Waals surface area contributed by atoms with Crippen LogP contribution in [-0.2, 0) is 16.1 Å². The van der Waals surface area contributed by atoms with Gasteiger partial charge in [-0.1, -0.05) is 25.1 Å². The largest absolute Gasteiger partial charge is 0.465 e. The molecule has 2 N–H and O–H groups in total. The smallest absolute Gasteiger partial charge is 0.338 e. The van der Waals surface area contributed by atoms with E-state index in [4.69, 9.17) is 4.74 Å². The van der Waals surface area contributed by atoms with Crippen LogP contribution in [0.3, 0.4) is 0 Å². The van der Waals surface area contributed by atoms with E-state index in [0.717, 1.165) is 12.0 Å². The fraction of sp³-hybridized carbons (Fsp3) is 0.429. The van der Waals surface area contributed by atoms with Crippen molar-refractivity contribution in [3.05, 3.63) is 35.4 Å². The van der Waals surface area contributed by atoms with E-state index in [2.05, 4.69) is 10.6 Å². The van der Waals surface area contributed by atoms with Crippen LogP contribution >= 0.6 is 0 Å². The van der Waals surface area contributed by atoms with Crippen LogP contribution in [0.25, 0.3) is 0 Å². The van der Waals surface area contributed by atoms with Crippen molar-refractivity contribution < 1.29 is 14.3 Å². The number of rotatable bonds is 7. The average Bonchev–Trinajstić information content (AvgIpc) is 2.44. The van der Waals surface area contributed by atoms with Crippen LogP contribution in [0, 0.1) is 0 Å². The van der Waals surface area contributed by atoms with Crippen molar-refractivity contribution in [2.75, 3.05) is 20.2 Å². The lowest BCUT2D eigenvalue weighted by Gasteiger charge is -2.09. The van der Waals surface area contributed by atoms with Crippen molar-refractivity contribution in [2.24, 2.45) is 0 Å². The first-order chi connectivity index (χ1) is 9.19. The van der Waals surface area contributed by atoms with E-state index in [1.165, 1.54) is 7.11 Å². The zero-order valence-electron chi connectivity index (χ0n) is 11.4. The Bertz CT molecular complexity index is 432. The van der Waals surface area contributed by atoms with E-state index in [1.807, 2.05) is 19.1 Å². The molecular weight excluding hydrogens is 244 g/mol. The van der Waals surface area contributed by atoms with Crippen LogP contribution in [0.15, 0.2) is 24.3 Å². The van der Waals surface area contributed by atoms with Crippen molar-refractivity contribution in [3.63, 3.8) is 0 Å². The van der Waals surface area contributed by atoms with Gasteiger partial charge in [0, 0.05) is 13.1 Å². The van der Waals surface area contributed by atoms with Gasteiger partial charge in [-0.3, -0.25) is 4.79 Å². The molecule has 0 radical (unpaired) electrons. The normalized spacial score (nSPS) is 10.0. The summed E-state index contributed by atoms with van der Waals surface area (Å²) in [6, 6.07) is 7.17. The van der Waals surface area contributed by atoms with Gasteiger partial charge in [0.2, 0.25) is 5.91 Å². The molecule has 1 rings (SSSR count). The number of carbonyl (C=O) groups excluding carboxylic acids is 2. The second-order valence-corrected chi connectivity index (χ2v) is 4.10. The van der Waals surface area contributed by atoms with Crippen LogP contribution < -0.4 is 10.6 Å². The highest BCUT2D eigenvalue weighted by molar-refractivity contribution is 5.91. The predicted octanol–water partition coefficient (Wildman–Crippen LogP) is 1.09. The molecule has 0 fully saturated rings. The third kappa shape index (κ3) is 5.09. The number of hydrogen-bond acceptors (Lipinski definition) is 4. The molecule has 0 atom stereocenters. The summed E-state index contributed by atoms with van der Waals surface area (Å²) >= 11 is 0. The maximum Gasteiger partial charge on any atom is 0.338 e. The first-order valence-corrected chi connectivity index (χ1v) is 6.32. The van der Waals surface area contributed by atoms with Gasteiger partial charge in [0.25, 0.3) is 0 Å². The maximum atomic E-state index is 11.5. The summed E-state index contributed by atoms with van der Waals surface area (Å²) in [6.45, 7) is 3.36. The Balaban J connectivity index is 2.49. The molecule has 0 aliphatic heterocycles. The van der Waals surface area contributed by atoms with Gasteiger partial charge in [-0.15, -0.1) is 0 Å². The van der Waals surface area contributed by atoms with Gasteiger partial charge >= 0.3 is 5.97 Å². The predicted molar refractivity (Wildman–Crippen MR) is 72.8 cm³/mol. The van der Waals surface area contributed by atoms with Gasteiger partial charge < -0.3 is 15.4 Å². The Labute approximate surface area is 113 Å². The average molecular weight is 264 g/mol. The number of ether oxygens (including phenoxy) is 1. The highest BCUT2D eigenvalue weighted by Crippen LogP contribution is 2.09. The third-order valence-electron chi connectivity index (χ3n) is 2.60. The van der Waals surface area contributed by atoms with Crippen molar-refractivity contribution in [3.8, 4) is 0 Å². The molecule has 19 heavy (non-hydrogen) atoms. The number of hydrogen-bond donors (Lipinski definition) is 2. The summed E-state index contributed by atoms with van der Waals surface area (Å²) in [4.78, 5) is 22.9. The Morgan fingerprint density at radius 3 is 2.68 bits per heavy atom. The zero-order chi connectivity index (χ0) is 14.1. The van der Waals surface area contributed by atoms with E-state index in [0.29, 0.717) is 18.7 Å². The van der Waals surface area contributed by atoms with Crippen molar-refractivity contribution in [1.29, 1.82) is 0 Å². The van der Waals surface area contributed by atoms with Crippen LogP contribution in [0.5, 0.6) is 0 Å². The van der Waals surface area contributed by atoms with Gasteiger partial charge in [-0.2, -0.15) is 0 Å². The number of nitrogens with one attached hydrogen (secondary N) is 2. The first kappa shape index (κ1) is 15.2. The molecule has 1 aromatic carbocycles. The number of carbonyl (C=O) groups is 2. The highest BCUT2D eigenvalue weighted by atomic mass is 16.5. The number of benzene rings is 1. The molecule has 104 valence electrons. The van der Waals surface area contributed by atoms with Crippen LogP contribution in [-0.4, -0.2) is 32.1 Å². The third-order valence-corrected chi connectivity index (χ3v) is 2.60. The summed E-state index contributed by atoms with van der Waals surface area (Å²) in [6.07, 6.45) is 0.914. The molecule has 0 aromatic heterocycles. The molecule has 5 nitrogen and oxygen atoms in total. The molecule has 1 amide bonds. The summed E-state index contributed by atoms with van der Waals surface area (Å²) in [5.74, 6) is -0.412. The lowest BCUT2D eigenvalue weighted by Crippen LogP contribution is -2.34. The molecule has 0 saturated heterocycles. The van der Waals surface area contributed by atoms with Crippen molar-refractivity contribution in [2.45, 2.75) is 19.9 Å². The molecule has 1 aromatic rings. The van der Waals surface area contributed by atoms with Gasteiger partial charge in [0.15, 0.2) is 0 Å². The lowest BCUT2D eigenvalue weighted by atomic mass is 10.1. The number of esters is 1. The van der Waals surface area contributed by atoms with E-state index in [9.17, 15) is 9.59 Å². The Morgan fingerprint density at radius 2 is 2.00 bits per heavy atom. The number of methoxy groups -OCH3 is 1. The zero-order valence-corrected chi connectivity index (χ0v) is 11.4. The molecule has 0 bridgehead atoms. The van der Waals surface area contributed by atoms with E-state index >= 15 is 0 Å². The van der Waals surface area contributed by atoms with Gasteiger partial charge in [0.1, 0.15) is 0 Å². The fourth-order valence-electron chi connectivity index (χ4n) is 1.62. The SMILES string of the molecule is CCCNC(=O)CNCc1ccccc1C(=O)OC. The second-order valence-electron chi connectivity index (χ2n) is 4.10. The van der Waals surface area contributed by atoms with Crippen molar-refractivity contribution in [1.82, 2.24) is 10.6 Å². The fourth-order valence-corrected chi connectivity index (χ4v) is 1.62. The minimum atomic E-state index is -0.368. The first-order valence-electron chi connectivity index (χ1n) is 6.32. The van der Waals surface area contributed by atoms with E-state index in [-0.39, 0.29) is 18.4 Å². The molecule has 0 unspecified atom stereocenters. The molecule has 0 saturated carbocycles. The standard InChI is InChI=1S/C14H20N2O3/c1-3-8-16-13(17)10-15-9-11-6-4-5-7-12(11)14(18)19-2/h4-7,15H,3,8-10H2,1-2H3,(H,16,17). The van der Waals surface area contributed by atoms with Crippen LogP contribution in [0.4, 0.5) is 0 Å². The Kier molecular flexibility index (Phi) is 6.60.